The van der Waals surface area contributed by atoms with Crippen molar-refractivity contribution in [3.05, 3.63) is 56.2 Å². The largest absolute Gasteiger partial charge is 0.481 e. The van der Waals surface area contributed by atoms with Crippen molar-refractivity contribution in [1.82, 2.24) is 5.32 Å². The summed E-state index contributed by atoms with van der Waals surface area (Å²) in [6.07, 6.45) is 0.463. The van der Waals surface area contributed by atoms with E-state index in [-0.39, 0.29) is 18.7 Å². The molecule has 0 aliphatic carbocycles. The monoisotopic (exact) mass is 371 g/mol. The predicted octanol–water partition coefficient (Wildman–Crippen LogP) is 3.80. The molecule has 0 radical (unpaired) electrons. The molecule has 1 amide bonds. The number of carboxylic acid groups (broad SMARTS) is 1. The van der Waals surface area contributed by atoms with E-state index in [0.29, 0.717) is 16.5 Å². The average molecular weight is 372 g/mol. The molecule has 1 unspecified atom stereocenters. The molecule has 122 valence electrons. The van der Waals surface area contributed by atoms with Gasteiger partial charge in [0.1, 0.15) is 0 Å². The van der Waals surface area contributed by atoms with Crippen molar-refractivity contribution in [3.8, 4) is 0 Å². The van der Waals surface area contributed by atoms with E-state index in [9.17, 15) is 9.59 Å². The van der Waals surface area contributed by atoms with Crippen LogP contribution in [0.25, 0.3) is 0 Å². The van der Waals surface area contributed by atoms with Gasteiger partial charge in [-0.05, 0) is 35.6 Å². The molecule has 1 atom stereocenters. The lowest BCUT2D eigenvalue weighted by molar-refractivity contribution is -0.137. The molecule has 2 rings (SSSR count). The average Bonchev–Trinajstić information content (AvgIpc) is 2.94. The van der Waals surface area contributed by atoms with E-state index in [1.54, 1.807) is 18.2 Å². The van der Waals surface area contributed by atoms with Crippen LogP contribution in [-0.4, -0.2) is 23.0 Å². The number of benzene rings is 1. The molecular weight excluding hydrogens is 357 g/mol. The number of amides is 1. The van der Waals surface area contributed by atoms with Crippen LogP contribution in [-0.2, 0) is 22.4 Å². The first-order valence-electron chi connectivity index (χ1n) is 6.91. The van der Waals surface area contributed by atoms with Gasteiger partial charge in [0.2, 0.25) is 5.91 Å². The number of aliphatic carboxylic acids is 1. The van der Waals surface area contributed by atoms with Crippen LogP contribution < -0.4 is 5.32 Å². The van der Waals surface area contributed by atoms with Crippen molar-refractivity contribution in [2.45, 2.75) is 25.3 Å². The zero-order valence-corrected chi connectivity index (χ0v) is 14.4. The lowest BCUT2D eigenvalue weighted by Gasteiger charge is -2.17. The number of hydrogen-bond donors (Lipinski definition) is 2. The summed E-state index contributed by atoms with van der Waals surface area (Å²) in [6, 6.07) is 8.35. The van der Waals surface area contributed by atoms with Crippen molar-refractivity contribution in [1.29, 1.82) is 0 Å². The third-order valence-corrected chi connectivity index (χ3v) is 4.78. The van der Waals surface area contributed by atoms with Crippen LogP contribution in [0.1, 0.15) is 16.9 Å². The molecule has 2 aromatic rings. The summed E-state index contributed by atoms with van der Waals surface area (Å²) in [5.41, 5.74) is 0.821. The van der Waals surface area contributed by atoms with Crippen molar-refractivity contribution < 1.29 is 14.7 Å². The van der Waals surface area contributed by atoms with Gasteiger partial charge in [0, 0.05) is 10.9 Å². The second-order valence-electron chi connectivity index (χ2n) is 5.07. The molecule has 0 saturated heterocycles. The molecule has 0 fully saturated rings. The van der Waals surface area contributed by atoms with E-state index in [2.05, 4.69) is 5.32 Å². The van der Waals surface area contributed by atoms with Gasteiger partial charge >= 0.3 is 5.97 Å². The van der Waals surface area contributed by atoms with E-state index in [4.69, 9.17) is 28.3 Å². The summed E-state index contributed by atoms with van der Waals surface area (Å²) < 4.78 is 0. The fourth-order valence-corrected chi connectivity index (χ4v) is 3.21. The molecule has 4 nitrogen and oxygen atoms in total. The second kappa shape index (κ2) is 8.34. The van der Waals surface area contributed by atoms with Crippen molar-refractivity contribution in [3.63, 3.8) is 0 Å². The number of carboxylic acids is 1. The number of nitrogens with one attached hydrogen (secondary N) is 1. The number of carbonyl (C=O) groups is 2. The van der Waals surface area contributed by atoms with E-state index >= 15 is 0 Å². The van der Waals surface area contributed by atoms with Crippen molar-refractivity contribution >= 4 is 46.4 Å². The number of rotatable bonds is 7. The van der Waals surface area contributed by atoms with Gasteiger partial charge in [-0.15, -0.1) is 11.3 Å². The molecule has 7 heteroatoms. The molecule has 23 heavy (non-hydrogen) atoms. The first kappa shape index (κ1) is 17.8. The van der Waals surface area contributed by atoms with Crippen molar-refractivity contribution in [2.24, 2.45) is 0 Å². The Hall–Kier alpha value is -1.56. The summed E-state index contributed by atoms with van der Waals surface area (Å²) in [5, 5.41) is 14.6. The van der Waals surface area contributed by atoms with Gasteiger partial charge in [-0.2, -0.15) is 0 Å². The van der Waals surface area contributed by atoms with Crippen LogP contribution in [0.2, 0.25) is 10.0 Å². The highest BCUT2D eigenvalue weighted by atomic mass is 35.5. The minimum Gasteiger partial charge on any atom is -0.481 e. The maximum absolute atomic E-state index is 12.1. The number of thiophene rings is 1. The van der Waals surface area contributed by atoms with Gasteiger partial charge in [-0.1, -0.05) is 35.3 Å². The lowest BCUT2D eigenvalue weighted by atomic mass is 10.0. The quantitative estimate of drug-likeness (QED) is 0.777. The Bertz CT molecular complexity index is 689. The molecule has 0 aliphatic heterocycles. The molecule has 2 N–H and O–H groups in total. The number of halogens is 2. The van der Waals surface area contributed by atoms with Gasteiger partial charge in [0.25, 0.3) is 0 Å². The third kappa shape index (κ3) is 5.86. The first-order valence-corrected chi connectivity index (χ1v) is 8.55. The zero-order chi connectivity index (χ0) is 16.8. The highest BCUT2D eigenvalue weighted by Gasteiger charge is 2.17. The Morgan fingerprint density at radius 3 is 2.61 bits per heavy atom. The van der Waals surface area contributed by atoms with Gasteiger partial charge in [0.05, 0.1) is 22.9 Å². The van der Waals surface area contributed by atoms with Crippen molar-refractivity contribution in [2.75, 3.05) is 0 Å². The van der Waals surface area contributed by atoms with Crippen LogP contribution in [0.3, 0.4) is 0 Å². The molecule has 0 spiro atoms. The SMILES string of the molecule is O=C(O)CC(Cc1ccc(Cl)c(Cl)c1)NC(=O)Cc1cccs1. The normalized spacial score (nSPS) is 11.9. The van der Waals surface area contributed by atoms with Gasteiger partial charge in [-0.3, -0.25) is 9.59 Å². The van der Waals surface area contributed by atoms with E-state index in [0.717, 1.165) is 10.4 Å². The van der Waals surface area contributed by atoms with Gasteiger partial charge in [-0.25, -0.2) is 0 Å². The highest BCUT2D eigenvalue weighted by Crippen LogP contribution is 2.23. The van der Waals surface area contributed by atoms with Crippen LogP contribution in [0, 0.1) is 0 Å². The van der Waals surface area contributed by atoms with E-state index in [1.807, 2.05) is 17.5 Å². The lowest BCUT2D eigenvalue weighted by Crippen LogP contribution is -2.38. The fourth-order valence-electron chi connectivity index (χ4n) is 2.19. The Morgan fingerprint density at radius 1 is 1.22 bits per heavy atom. The Labute approximate surface area is 148 Å². The molecular formula is C16H15Cl2NO3S. The molecule has 0 saturated carbocycles. The Kier molecular flexibility index (Phi) is 6.45. The van der Waals surface area contributed by atoms with Gasteiger partial charge in [0.15, 0.2) is 0 Å². The maximum Gasteiger partial charge on any atom is 0.305 e. The first-order chi connectivity index (χ1) is 10.9. The topological polar surface area (TPSA) is 66.4 Å². The summed E-state index contributed by atoms with van der Waals surface area (Å²) in [5.74, 6) is -1.16. The summed E-state index contributed by atoms with van der Waals surface area (Å²) >= 11 is 13.3. The minimum atomic E-state index is -0.966. The molecule has 0 bridgehead atoms. The maximum atomic E-state index is 12.1. The van der Waals surface area contributed by atoms with E-state index < -0.39 is 12.0 Å². The summed E-state index contributed by atoms with van der Waals surface area (Å²) in [7, 11) is 0. The van der Waals surface area contributed by atoms with Crippen LogP contribution in [0.15, 0.2) is 35.7 Å². The third-order valence-electron chi connectivity index (χ3n) is 3.17. The highest BCUT2D eigenvalue weighted by molar-refractivity contribution is 7.10. The van der Waals surface area contributed by atoms with Crippen LogP contribution in [0.4, 0.5) is 0 Å². The zero-order valence-electron chi connectivity index (χ0n) is 12.1. The summed E-state index contributed by atoms with van der Waals surface area (Å²) in [6.45, 7) is 0. The smallest absolute Gasteiger partial charge is 0.305 e. The standard InChI is InChI=1S/C16H15Cl2NO3S/c17-13-4-3-10(7-14(13)18)6-11(8-16(21)22)19-15(20)9-12-2-1-5-23-12/h1-5,7,11H,6,8-9H2,(H,19,20)(H,21,22). The number of hydrogen-bond acceptors (Lipinski definition) is 3. The minimum absolute atomic E-state index is 0.156. The van der Waals surface area contributed by atoms with Crippen LogP contribution in [0.5, 0.6) is 0 Å². The van der Waals surface area contributed by atoms with Crippen LogP contribution >= 0.6 is 34.5 Å². The Morgan fingerprint density at radius 2 is 2.00 bits per heavy atom. The van der Waals surface area contributed by atoms with Gasteiger partial charge < -0.3 is 10.4 Å². The molecule has 1 heterocycles. The Balaban J connectivity index is 2.02. The molecule has 1 aromatic carbocycles. The number of carbonyl (C=O) groups excluding carboxylic acids is 1. The fraction of sp³-hybridized carbons (Fsp3) is 0.250. The summed E-state index contributed by atoms with van der Waals surface area (Å²) in [4.78, 5) is 24.0. The second-order valence-corrected chi connectivity index (χ2v) is 6.92. The van der Waals surface area contributed by atoms with E-state index in [1.165, 1.54) is 11.3 Å². The molecule has 1 aromatic heterocycles. The molecule has 0 aliphatic rings. The predicted molar refractivity (Wildman–Crippen MR) is 92.4 cm³/mol.